The van der Waals surface area contributed by atoms with Crippen molar-refractivity contribution >= 4 is 34.9 Å². The minimum absolute atomic E-state index is 0.130. The van der Waals surface area contributed by atoms with E-state index in [2.05, 4.69) is 0 Å². The van der Waals surface area contributed by atoms with Crippen LogP contribution >= 0.6 is 11.8 Å². The molecular formula is C33H50O9S. The predicted octanol–water partition coefficient (Wildman–Crippen LogP) is 3.66. The minimum atomic E-state index is -3.53. The van der Waals surface area contributed by atoms with Crippen LogP contribution in [0.3, 0.4) is 0 Å². The standard InChI is InChI=1S/C33H50O9S/c1-27(2,3)22(35)20(34)21(43-18-19-16-14-13-15-17-19)23-31(39,24(36)28(4,5)6)32(40,25(37)29(7,8)9)33(41,42-23)26(38)30(10,11)12/h13-17,21-23,35,39-41H,18H2,1-12H3/t21-,22?,23+,31-,32-,33+/m1/s1. The lowest BCUT2D eigenvalue weighted by atomic mass is 9.60. The van der Waals surface area contributed by atoms with Gasteiger partial charge in [0.25, 0.3) is 5.79 Å². The van der Waals surface area contributed by atoms with Gasteiger partial charge in [-0.15, -0.1) is 11.8 Å². The highest BCUT2D eigenvalue weighted by atomic mass is 32.2. The van der Waals surface area contributed by atoms with Gasteiger partial charge in [-0.05, 0) is 11.0 Å². The third kappa shape index (κ3) is 6.56. The van der Waals surface area contributed by atoms with E-state index < -0.39 is 79.2 Å². The molecule has 9 nitrogen and oxygen atoms in total. The van der Waals surface area contributed by atoms with Crippen molar-refractivity contribution in [3.63, 3.8) is 0 Å². The summed E-state index contributed by atoms with van der Waals surface area (Å²) in [7, 11) is 0. The number of thioether (sulfide) groups is 1. The van der Waals surface area contributed by atoms with Gasteiger partial charge in [-0.25, -0.2) is 0 Å². The Bertz CT molecular complexity index is 1230. The zero-order chi connectivity index (χ0) is 33.8. The maximum Gasteiger partial charge on any atom is 0.268 e. The van der Waals surface area contributed by atoms with Crippen LogP contribution in [0, 0.1) is 21.7 Å². The molecule has 0 radical (unpaired) electrons. The van der Waals surface area contributed by atoms with E-state index in [1.807, 2.05) is 0 Å². The van der Waals surface area contributed by atoms with Crippen LogP contribution in [0.1, 0.15) is 88.6 Å². The number of benzene rings is 1. The number of carbonyl (C=O) groups is 4. The second-order valence-corrected chi connectivity index (χ2v) is 16.9. The van der Waals surface area contributed by atoms with E-state index >= 15 is 0 Å². The van der Waals surface area contributed by atoms with Gasteiger partial charge in [-0.3, -0.25) is 19.2 Å². The molecule has 0 spiro atoms. The Morgan fingerprint density at radius 1 is 0.767 bits per heavy atom. The first kappa shape index (κ1) is 37.2. The van der Waals surface area contributed by atoms with Crippen LogP contribution < -0.4 is 0 Å². The summed E-state index contributed by atoms with van der Waals surface area (Å²) in [6.45, 7) is 17.7. The van der Waals surface area contributed by atoms with Crippen LogP contribution in [0.25, 0.3) is 0 Å². The molecule has 0 aliphatic carbocycles. The average Bonchev–Trinajstić information content (AvgIpc) is 3.05. The van der Waals surface area contributed by atoms with E-state index in [9.17, 15) is 39.6 Å². The summed E-state index contributed by atoms with van der Waals surface area (Å²) in [5, 5.41) is 46.8. The molecule has 1 aromatic carbocycles. The first-order chi connectivity index (χ1) is 19.1. The van der Waals surface area contributed by atoms with E-state index in [4.69, 9.17) is 4.74 Å². The maximum atomic E-state index is 14.3. The van der Waals surface area contributed by atoms with Crippen molar-refractivity contribution in [3.8, 4) is 0 Å². The van der Waals surface area contributed by atoms with Crippen LogP contribution in [-0.4, -0.2) is 78.0 Å². The van der Waals surface area contributed by atoms with Gasteiger partial charge < -0.3 is 25.2 Å². The zero-order valence-electron chi connectivity index (χ0n) is 27.6. The van der Waals surface area contributed by atoms with Gasteiger partial charge in [0.05, 0.1) is 5.25 Å². The molecule has 1 aliphatic heterocycles. The Kier molecular flexibility index (Phi) is 10.2. The van der Waals surface area contributed by atoms with Crippen LogP contribution in [0.4, 0.5) is 0 Å². The molecule has 1 aliphatic rings. The van der Waals surface area contributed by atoms with E-state index in [0.717, 1.165) is 17.3 Å². The summed E-state index contributed by atoms with van der Waals surface area (Å²) in [5.74, 6) is -7.68. The third-order valence-corrected chi connectivity index (χ3v) is 9.03. The SMILES string of the molecule is CC(C)(C)C(=O)[C@]1(O)[C@](O)(C(=O)C(C)(C)C)O[C@@H]([C@H](SCc2ccccc2)C(=O)C(O)C(C)(C)C)[C@@]1(O)C(=O)C(C)(C)C. The van der Waals surface area contributed by atoms with Gasteiger partial charge in [-0.2, -0.15) is 0 Å². The van der Waals surface area contributed by atoms with Gasteiger partial charge in [0, 0.05) is 22.0 Å². The fourth-order valence-corrected chi connectivity index (χ4v) is 6.51. The van der Waals surface area contributed by atoms with Crippen LogP contribution in [0.15, 0.2) is 30.3 Å². The lowest BCUT2D eigenvalue weighted by Gasteiger charge is -2.46. The molecule has 1 aromatic rings. The molecule has 1 heterocycles. The fourth-order valence-electron chi connectivity index (χ4n) is 5.22. The number of ketones is 4. The summed E-state index contributed by atoms with van der Waals surface area (Å²) < 4.78 is 5.95. The Labute approximate surface area is 259 Å². The normalized spacial score (nSPS) is 28.3. The Hall–Kier alpha value is -1.95. The van der Waals surface area contributed by atoms with Crippen molar-refractivity contribution in [2.45, 2.75) is 123 Å². The topological polar surface area (TPSA) is 158 Å². The number of rotatable bonds is 9. The first-order valence-electron chi connectivity index (χ1n) is 14.5. The van der Waals surface area contributed by atoms with Crippen molar-refractivity contribution in [1.29, 1.82) is 0 Å². The number of aliphatic hydroxyl groups excluding tert-OH is 1. The van der Waals surface area contributed by atoms with E-state index in [-0.39, 0.29) is 5.75 Å². The van der Waals surface area contributed by atoms with E-state index in [0.29, 0.717) is 0 Å². The van der Waals surface area contributed by atoms with Crippen LogP contribution in [-0.2, 0) is 29.7 Å². The lowest BCUT2D eigenvalue weighted by molar-refractivity contribution is -0.258. The maximum absolute atomic E-state index is 14.3. The van der Waals surface area contributed by atoms with Crippen molar-refractivity contribution < 1.29 is 44.3 Å². The number of hydrogen-bond acceptors (Lipinski definition) is 10. The van der Waals surface area contributed by atoms with Gasteiger partial charge in [0.2, 0.25) is 11.4 Å². The van der Waals surface area contributed by atoms with Crippen LogP contribution in [0.5, 0.6) is 0 Å². The zero-order valence-corrected chi connectivity index (χ0v) is 28.4. The minimum Gasteiger partial charge on any atom is -0.385 e. The number of ether oxygens (including phenoxy) is 1. The molecule has 0 bridgehead atoms. The molecule has 1 unspecified atom stereocenters. The molecule has 4 N–H and O–H groups in total. The van der Waals surface area contributed by atoms with Gasteiger partial charge in [-0.1, -0.05) is 113 Å². The van der Waals surface area contributed by atoms with Crippen LogP contribution in [0.2, 0.25) is 0 Å². The molecule has 6 atom stereocenters. The quantitative estimate of drug-likeness (QED) is 0.320. The van der Waals surface area contributed by atoms with Crippen molar-refractivity contribution in [1.82, 2.24) is 0 Å². The van der Waals surface area contributed by atoms with E-state index in [1.165, 1.54) is 62.3 Å². The smallest absolute Gasteiger partial charge is 0.268 e. The molecule has 0 saturated carbocycles. The number of hydrogen-bond donors (Lipinski definition) is 4. The third-order valence-electron chi connectivity index (χ3n) is 7.69. The monoisotopic (exact) mass is 622 g/mol. The largest absolute Gasteiger partial charge is 0.385 e. The number of carbonyl (C=O) groups excluding carboxylic acids is 4. The summed E-state index contributed by atoms with van der Waals surface area (Å²) in [4.78, 5) is 56.6. The number of Topliss-reactive ketones (excluding diaryl/α,β-unsaturated/α-hetero) is 4. The average molecular weight is 623 g/mol. The highest BCUT2D eigenvalue weighted by Crippen LogP contribution is 2.55. The first-order valence-corrected chi connectivity index (χ1v) is 15.5. The molecule has 1 saturated heterocycles. The summed E-state index contributed by atoms with van der Waals surface area (Å²) in [5.41, 5.74) is -11.5. The number of aliphatic hydroxyl groups is 4. The second-order valence-electron chi connectivity index (χ2n) is 15.8. The van der Waals surface area contributed by atoms with Gasteiger partial charge in [0.1, 0.15) is 12.2 Å². The summed E-state index contributed by atoms with van der Waals surface area (Å²) >= 11 is 0.903. The lowest BCUT2D eigenvalue weighted by Crippen LogP contribution is -2.77. The predicted molar refractivity (Wildman–Crippen MR) is 165 cm³/mol. The Morgan fingerprint density at radius 2 is 1.21 bits per heavy atom. The fraction of sp³-hybridized carbons (Fsp3) is 0.697. The molecule has 1 fully saturated rings. The Balaban J connectivity index is 3.05. The molecular weight excluding hydrogens is 572 g/mol. The summed E-state index contributed by atoms with van der Waals surface area (Å²) in [6.07, 6.45) is -3.76. The molecule has 43 heavy (non-hydrogen) atoms. The van der Waals surface area contributed by atoms with Crippen molar-refractivity contribution in [3.05, 3.63) is 35.9 Å². The molecule has 10 heteroatoms. The highest BCUT2D eigenvalue weighted by Gasteiger charge is 2.84. The van der Waals surface area contributed by atoms with E-state index in [1.54, 1.807) is 51.1 Å². The second kappa shape index (κ2) is 11.8. The van der Waals surface area contributed by atoms with Gasteiger partial charge in [0.15, 0.2) is 23.0 Å². The van der Waals surface area contributed by atoms with Crippen molar-refractivity contribution in [2.75, 3.05) is 0 Å². The molecule has 242 valence electrons. The summed E-state index contributed by atoms with van der Waals surface area (Å²) in [6, 6.07) is 8.94. The van der Waals surface area contributed by atoms with Gasteiger partial charge >= 0.3 is 0 Å². The molecule has 0 aromatic heterocycles. The van der Waals surface area contributed by atoms with Crippen molar-refractivity contribution in [2.24, 2.45) is 21.7 Å². The highest BCUT2D eigenvalue weighted by molar-refractivity contribution is 7.99. The molecule has 2 rings (SSSR count). The molecule has 0 amide bonds. The Morgan fingerprint density at radius 3 is 1.60 bits per heavy atom.